The number of hydrogen-bond acceptors (Lipinski definition) is 3. The molecule has 0 saturated carbocycles. The van der Waals surface area contributed by atoms with Gasteiger partial charge < -0.3 is 9.94 Å². The molecule has 5 nitrogen and oxygen atoms in total. The van der Waals surface area contributed by atoms with E-state index in [2.05, 4.69) is 0 Å². The van der Waals surface area contributed by atoms with Crippen molar-refractivity contribution in [2.24, 2.45) is 0 Å². The van der Waals surface area contributed by atoms with Crippen molar-refractivity contribution in [1.29, 1.82) is 0 Å². The highest BCUT2D eigenvalue weighted by Gasteiger charge is 2.32. The Morgan fingerprint density at radius 3 is 2.53 bits per heavy atom. The van der Waals surface area contributed by atoms with Crippen LogP contribution in [0.1, 0.15) is 21.7 Å². The highest BCUT2D eigenvalue weighted by Crippen LogP contribution is 2.30. The molecule has 0 radical (unpaired) electrons. The van der Waals surface area contributed by atoms with Crippen LogP contribution in [0.15, 0.2) is 18.2 Å². The van der Waals surface area contributed by atoms with Crippen LogP contribution in [0, 0.1) is 17.0 Å². The Labute approximate surface area is 104 Å². The predicted octanol–water partition coefficient (Wildman–Crippen LogP) is 2.04. The third-order valence-corrected chi connectivity index (χ3v) is 2.75. The van der Waals surface area contributed by atoms with Crippen molar-refractivity contribution >= 4 is 17.3 Å². The Balaban J connectivity index is 2.94. The van der Waals surface area contributed by atoms with Crippen molar-refractivity contribution < 1.29 is 22.4 Å². The largest absolute Gasteiger partial charge is 0.805 e. The molecular weight excluding hydrogens is 265 g/mol. The molecule has 0 aliphatic heterocycles. The van der Waals surface area contributed by atoms with Gasteiger partial charge in [-0.05, 0) is 19.1 Å². The van der Waals surface area contributed by atoms with E-state index in [1.807, 2.05) is 0 Å². The molecule has 0 N–H and O–H groups in total. The molecule has 2 rings (SSSR count). The van der Waals surface area contributed by atoms with Crippen LogP contribution in [0.3, 0.4) is 0 Å². The summed E-state index contributed by atoms with van der Waals surface area (Å²) in [5.41, 5.74) is -2.48. The zero-order valence-corrected chi connectivity index (χ0v) is 9.56. The fourth-order valence-electron chi connectivity index (χ4n) is 1.73. The van der Waals surface area contributed by atoms with E-state index in [4.69, 9.17) is 0 Å². The number of halogens is 3. The lowest BCUT2D eigenvalue weighted by Gasteiger charge is -2.15. The van der Waals surface area contributed by atoms with Crippen LogP contribution in [0.2, 0.25) is 0 Å². The Morgan fingerprint density at radius 2 is 2.00 bits per heavy atom. The lowest BCUT2D eigenvalue weighted by molar-refractivity contribution is -0.467. The summed E-state index contributed by atoms with van der Waals surface area (Å²) in [4.78, 5) is 22.5. The third-order valence-electron chi connectivity index (χ3n) is 2.75. The van der Waals surface area contributed by atoms with Crippen LogP contribution in [0.25, 0.3) is 11.0 Å². The molecule has 2 aromatic rings. The molecule has 0 unspecified atom stereocenters. The van der Waals surface area contributed by atoms with Gasteiger partial charge in [-0.3, -0.25) is 4.79 Å². The predicted molar refractivity (Wildman–Crippen MR) is 59.2 cm³/mol. The van der Waals surface area contributed by atoms with Gasteiger partial charge in [0.2, 0.25) is 6.29 Å². The highest BCUT2D eigenvalue weighted by molar-refractivity contribution is 5.78. The Bertz CT molecular complexity index is 735. The SMILES string of the molecule is Cc1c(C=O)[n+](=O)c2cc(C(F)(F)F)ccc2n1[O-]. The summed E-state index contributed by atoms with van der Waals surface area (Å²) in [6.07, 6.45) is -4.50. The summed E-state index contributed by atoms with van der Waals surface area (Å²) in [7, 11) is 0. The number of nitrogens with zero attached hydrogens (tertiary/aromatic N) is 2. The first-order valence-electron chi connectivity index (χ1n) is 5.09. The second-order valence-corrected chi connectivity index (χ2v) is 3.88. The van der Waals surface area contributed by atoms with Crippen molar-refractivity contribution in [3.8, 4) is 0 Å². The molecule has 0 aliphatic carbocycles. The number of aromatic nitrogens is 2. The van der Waals surface area contributed by atoms with Crippen molar-refractivity contribution in [2.45, 2.75) is 13.1 Å². The van der Waals surface area contributed by atoms with E-state index in [1.54, 1.807) is 0 Å². The van der Waals surface area contributed by atoms with Crippen molar-refractivity contribution in [3.63, 3.8) is 0 Å². The molecule has 1 aromatic carbocycles. The topological polar surface area (TPSA) is 68.0 Å². The van der Waals surface area contributed by atoms with E-state index in [1.165, 1.54) is 6.92 Å². The Kier molecular flexibility index (Phi) is 2.80. The number of fused-ring (bicyclic) bond motifs is 1. The maximum atomic E-state index is 12.5. The first-order valence-corrected chi connectivity index (χ1v) is 5.09. The van der Waals surface area contributed by atoms with E-state index in [9.17, 15) is 28.1 Å². The standard InChI is InChI=1S/C11H7F3N2O3/c1-6-10(5-17)16(19)9-4-7(11(12,13)14)2-3-8(9)15(6)18/h2-5H,1H3. The van der Waals surface area contributed by atoms with Crippen LogP contribution in [-0.2, 0) is 6.18 Å². The number of aldehydes is 1. The second kappa shape index (κ2) is 4.08. The van der Waals surface area contributed by atoms with Gasteiger partial charge in [-0.15, -0.1) is 0 Å². The van der Waals surface area contributed by atoms with Gasteiger partial charge in [-0.1, -0.05) is 0 Å². The van der Waals surface area contributed by atoms with Gasteiger partial charge in [0.05, 0.1) is 15.7 Å². The van der Waals surface area contributed by atoms with Crippen LogP contribution in [-0.4, -0.2) is 11.0 Å². The molecule has 19 heavy (non-hydrogen) atoms. The third kappa shape index (κ3) is 1.94. The summed E-state index contributed by atoms with van der Waals surface area (Å²) in [6, 6.07) is 2.15. The minimum absolute atomic E-state index is 0.0291. The molecule has 8 heteroatoms. The summed E-state index contributed by atoms with van der Waals surface area (Å²) >= 11 is 0. The minimum atomic E-state index is -4.64. The van der Waals surface area contributed by atoms with Gasteiger partial charge in [-0.25, -0.2) is 0 Å². The molecule has 100 valence electrons. The summed E-state index contributed by atoms with van der Waals surface area (Å²) in [6.45, 7) is 1.24. The van der Waals surface area contributed by atoms with Crippen LogP contribution >= 0.6 is 0 Å². The maximum Gasteiger partial charge on any atom is 0.416 e. The number of benzene rings is 1. The molecule has 1 heterocycles. The second-order valence-electron chi connectivity index (χ2n) is 3.88. The lowest BCUT2D eigenvalue weighted by Crippen LogP contribution is -2.27. The van der Waals surface area contributed by atoms with Crippen LogP contribution in [0.5, 0.6) is 0 Å². The Hall–Kier alpha value is -2.38. The van der Waals surface area contributed by atoms with Crippen molar-refractivity contribution in [1.82, 2.24) is 4.73 Å². The molecule has 0 spiro atoms. The fourth-order valence-corrected chi connectivity index (χ4v) is 1.73. The monoisotopic (exact) mass is 272 g/mol. The number of rotatable bonds is 1. The minimum Gasteiger partial charge on any atom is -0.805 e. The van der Waals surface area contributed by atoms with Gasteiger partial charge in [0.25, 0.3) is 5.52 Å². The lowest BCUT2D eigenvalue weighted by atomic mass is 10.1. The van der Waals surface area contributed by atoms with E-state index < -0.39 is 23.0 Å². The average Bonchev–Trinajstić information content (AvgIpc) is 2.35. The molecule has 0 fully saturated rings. The number of alkyl halides is 3. The van der Waals surface area contributed by atoms with Gasteiger partial charge in [0, 0.05) is 11.0 Å². The van der Waals surface area contributed by atoms with E-state index in [0.29, 0.717) is 12.1 Å². The summed E-state index contributed by atoms with van der Waals surface area (Å²) < 4.78 is 37.9. The molecule has 0 amide bonds. The van der Waals surface area contributed by atoms with Crippen molar-refractivity contribution in [2.75, 3.05) is 0 Å². The summed E-state index contributed by atoms with van der Waals surface area (Å²) in [5.74, 6) is 0. The Morgan fingerprint density at radius 1 is 1.37 bits per heavy atom. The highest BCUT2D eigenvalue weighted by atomic mass is 19.4. The molecule has 0 aliphatic rings. The molecule has 1 aromatic heterocycles. The first-order chi connectivity index (χ1) is 8.77. The fraction of sp³-hybridized carbons (Fsp3) is 0.182. The normalized spacial score (nSPS) is 11.8. The van der Waals surface area contributed by atoms with E-state index >= 15 is 0 Å². The smallest absolute Gasteiger partial charge is 0.416 e. The zero-order valence-electron chi connectivity index (χ0n) is 9.56. The molecule has 0 saturated heterocycles. The zero-order chi connectivity index (χ0) is 14.4. The first kappa shape index (κ1) is 13.1. The van der Waals surface area contributed by atoms with Gasteiger partial charge in [0.1, 0.15) is 5.52 Å². The van der Waals surface area contributed by atoms with Crippen LogP contribution in [0.4, 0.5) is 13.2 Å². The maximum absolute atomic E-state index is 12.5. The quantitative estimate of drug-likeness (QED) is 0.589. The average molecular weight is 272 g/mol. The van der Waals surface area contributed by atoms with Gasteiger partial charge in [0.15, 0.2) is 0 Å². The molecule has 0 bridgehead atoms. The van der Waals surface area contributed by atoms with E-state index in [0.717, 1.165) is 6.07 Å². The van der Waals surface area contributed by atoms with Gasteiger partial charge >= 0.3 is 11.9 Å². The number of carbonyl (C=O) groups is 1. The van der Waals surface area contributed by atoms with Crippen LogP contribution < -0.4 is 4.43 Å². The molecular formula is C11H7F3N2O3. The number of hydrogen-bond donors (Lipinski definition) is 0. The van der Waals surface area contributed by atoms with E-state index in [-0.39, 0.29) is 26.7 Å². The molecule has 0 atom stereocenters. The van der Waals surface area contributed by atoms with Crippen molar-refractivity contribution in [3.05, 3.63) is 45.3 Å². The number of carbonyl (C=O) groups excluding carboxylic acids is 1. The van der Waals surface area contributed by atoms with Gasteiger partial charge in [-0.2, -0.15) is 13.2 Å². The summed E-state index contributed by atoms with van der Waals surface area (Å²) in [5, 5.41) is 11.7.